The summed E-state index contributed by atoms with van der Waals surface area (Å²) in [5.41, 5.74) is 6.85. The monoisotopic (exact) mass is 985 g/mol. The lowest BCUT2D eigenvalue weighted by molar-refractivity contribution is -0.123. The molecule has 1 aliphatic carbocycles. The summed E-state index contributed by atoms with van der Waals surface area (Å²) in [5, 5.41) is 8.36. The maximum absolute atomic E-state index is 14.6. The first-order chi connectivity index (χ1) is 34.6. The van der Waals surface area contributed by atoms with Crippen molar-refractivity contribution in [2.75, 3.05) is 37.2 Å². The Kier molecular flexibility index (Phi) is 13.9. The van der Waals surface area contributed by atoms with Crippen molar-refractivity contribution in [1.82, 2.24) is 15.0 Å². The Morgan fingerprint density at radius 3 is 1.70 bits per heavy atom. The third-order valence-corrected chi connectivity index (χ3v) is 13.7. The van der Waals surface area contributed by atoms with Crippen molar-refractivity contribution in [3.8, 4) is 0 Å². The SMILES string of the molecule is CC(C)N1C(=O)C(C)(C)c2ccc(NC(=O)c3cccnc3)cc21.CC1(C)C(=O)N(C2CC2)c2cc(NC(=O)c3cccnc3)c(F)cc21.CCN1C(=O)C(C)(C)c2ccc(NC(=O)c3ccnc(C)c3)cc21. The van der Waals surface area contributed by atoms with Crippen molar-refractivity contribution >= 4 is 69.6 Å². The second-order valence-electron chi connectivity index (χ2n) is 20.4. The molecule has 6 aromatic rings. The van der Waals surface area contributed by atoms with Gasteiger partial charge in [0.15, 0.2) is 0 Å². The summed E-state index contributed by atoms with van der Waals surface area (Å²) in [5.74, 6) is -1.23. The van der Waals surface area contributed by atoms with Gasteiger partial charge in [-0.25, -0.2) is 4.39 Å². The predicted molar refractivity (Wildman–Crippen MR) is 281 cm³/mol. The van der Waals surface area contributed by atoms with Crippen molar-refractivity contribution in [3.05, 3.63) is 161 Å². The Morgan fingerprint density at radius 1 is 0.630 bits per heavy atom. The van der Waals surface area contributed by atoms with Gasteiger partial charge in [-0.15, -0.1) is 0 Å². The fourth-order valence-corrected chi connectivity index (χ4v) is 9.47. The molecule has 0 saturated heterocycles. The van der Waals surface area contributed by atoms with E-state index < -0.39 is 28.0 Å². The molecule has 15 nitrogen and oxygen atoms in total. The van der Waals surface area contributed by atoms with Crippen LogP contribution in [-0.2, 0) is 30.6 Å². The Morgan fingerprint density at radius 2 is 1.16 bits per heavy atom. The van der Waals surface area contributed by atoms with E-state index in [1.165, 1.54) is 18.5 Å². The number of hydrogen-bond donors (Lipinski definition) is 3. The van der Waals surface area contributed by atoms with Gasteiger partial charge in [0.25, 0.3) is 17.7 Å². The van der Waals surface area contributed by atoms with Crippen molar-refractivity contribution in [2.24, 2.45) is 0 Å². The molecule has 6 heterocycles. The lowest BCUT2D eigenvalue weighted by Crippen LogP contribution is -2.40. The number of nitrogens with one attached hydrogen (secondary N) is 3. The number of pyridine rings is 3. The molecule has 3 aliphatic heterocycles. The van der Waals surface area contributed by atoms with Crippen molar-refractivity contribution in [3.63, 3.8) is 0 Å². The van der Waals surface area contributed by atoms with Gasteiger partial charge >= 0.3 is 0 Å². The molecule has 3 aromatic heterocycles. The van der Waals surface area contributed by atoms with Crippen LogP contribution in [0.5, 0.6) is 0 Å². The van der Waals surface area contributed by atoms with E-state index in [9.17, 15) is 33.2 Å². The minimum Gasteiger partial charge on any atom is -0.322 e. The van der Waals surface area contributed by atoms with E-state index in [0.29, 0.717) is 45.9 Å². The highest BCUT2D eigenvalue weighted by Gasteiger charge is 2.50. The van der Waals surface area contributed by atoms with E-state index in [1.54, 1.807) is 75.8 Å². The van der Waals surface area contributed by atoms with Gasteiger partial charge in [-0.3, -0.25) is 43.7 Å². The third-order valence-electron chi connectivity index (χ3n) is 13.7. The average Bonchev–Trinajstić information content (AvgIpc) is 4.12. The number of fused-ring (bicyclic) bond motifs is 3. The van der Waals surface area contributed by atoms with Crippen molar-refractivity contribution in [2.45, 2.75) is 110 Å². The number of carbonyl (C=O) groups is 6. The standard InChI is InChI=1S/C19H18FN3O2.2C19H21N3O2/c1-19(2)13-8-14(20)15(22-17(24)11-4-3-7-21-10-11)9-16(13)23(18(19)25)12-5-6-12;1-12(2)22-16-10-14(7-8-15(16)19(3,4)18(22)24)21-17(23)13-6-5-9-20-11-13;1-5-22-16-11-14(6-7-15(16)19(3,4)18(22)24)21-17(23)13-8-9-20-12(2)10-13/h3-4,7-10,12H,5-6H2,1-2H3,(H,22,24);5-12H,1-4H3,(H,21,23);6-11H,5H2,1-4H3,(H,21,23). The molecule has 0 bridgehead atoms. The van der Waals surface area contributed by atoms with E-state index in [2.05, 4.69) is 30.9 Å². The minimum atomic E-state index is -0.759. The number of hydrogen-bond acceptors (Lipinski definition) is 9. The largest absolute Gasteiger partial charge is 0.322 e. The summed E-state index contributed by atoms with van der Waals surface area (Å²) in [6, 6.07) is 24.6. The van der Waals surface area contributed by atoms with Gasteiger partial charge in [-0.2, -0.15) is 0 Å². The first-order valence-electron chi connectivity index (χ1n) is 24.3. The molecular formula is C57H60FN9O6. The number of amides is 6. The Bertz CT molecular complexity index is 3170. The van der Waals surface area contributed by atoms with Crippen LogP contribution in [0.3, 0.4) is 0 Å². The zero-order chi connectivity index (χ0) is 52.7. The van der Waals surface area contributed by atoms with Crippen LogP contribution < -0.4 is 30.7 Å². The van der Waals surface area contributed by atoms with Crippen LogP contribution in [0.4, 0.5) is 38.5 Å². The number of aryl methyl sites for hydroxylation is 1. The molecule has 10 rings (SSSR count). The van der Waals surface area contributed by atoms with Crippen LogP contribution in [0.15, 0.2) is 116 Å². The summed E-state index contributed by atoms with van der Waals surface area (Å²) >= 11 is 0. The van der Waals surface area contributed by atoms with Crippen LogP contribution in [0, 0.1) is 12.7 Å². The van der Waals surface area contributed by atoms with Gasteiger partial charge in [-0.05, 0) is 172 Å². The van der Waals surface area contributed by atoms with E-state index in [0.717, 1.165) is 41.0 Å². The van der Waals surface area contributed by atoms with Gasteiger partial charge in [0, 0.05) is 77.9 Å². The van der Waals surface area contributed by atoms with E-state index in [1.807, 2.05) is 106 Å². The number of carbonyl (C=O) groups excluding carboxylic acids is 6. The van der Waals surface area contributed by atoms with Gasteiger partial charge < -0.3 is 30.7 Å². The lowest BCUT2D eigenvalue weighted by Gasteiger charge is -2.24. The first kappa shape index (κ1) is 51.2. The Balaban J connectivity index is 0.000000146. The van der Waals surface area contributed by atoms with Gasteiger partial charge in [0.05, 0.1) is 44.4 Å². The van der Waals surface area contributed by atoms with E-state index in [-0.39, 0.29) is 47.3 Å². The predicted octanol–water partition coefficient (Wildman–Crippen LogP) is 9.91. The third kappa shape index (κ3) is 9.93. The van der Waals surface area contributed by atoms with Crippen LogP contribution in [0.25, 0.3) is 0 Å². The molecule has 376 valence electrons. The van der Waals surface area contributed by atoms with Crippen LogP contribution >= 0.6 is 0 Å². The highest BCUT2D eigenvalue weighted by atomic mass is 19.1. The Hall–Kier alpha value is -8.14. The summed E-state index contributed by atoms with van der Waals surface area (Å²) in [6.45, 7) is 19.7. The summed E-state index contributed by atoms with van der Waals surface area (Å²) in [4.78, 5) is 92.2. The fourth-order valence-electron chi connectivity index (χ4n) is 9.47. The molecule has 16 heteroatoms. The molecule has 0 unspecified atom stereocenters. The molecule has 1 fully saturated rings. The fraction of sp³-hybridized carbons (Fsp3) is 0.316. The zero-order valence-electron chi connectivity index (χ0n) is 42.8. The lowest BCUT2D eigenvalue weighted by atomic mass is 9.86. The van der Waals surface area contributed by atoms with Gasteiger partial charge in [0.2, 0.25) is 17.7 Å². The molecule has 0 radical (unpaired) electrons. The molecular weight excluding hydrogens is 926 g/mol. The van der Waals surface area contributed by atoms with E-state index in [4.69, 9.17) is 0 Å². The van der Waals surface area contributed by atoms with Crippen molar-refractivity contribution in [1.29, 1.82) is 0 Å². The Labute approximate surface area is 424 Å². The quantitative estimate of drug-likeness (QED) is 0.127. The van der Waals surface area contributed by atoms with E-state index >= 15 is 0 Å². The number of anilines is 6. The van der Waals surface area contributed by atoms with Crippen LogP contribution in [-0.4, -0.2) is 69.0 Å². The molecule has 73 heavy (non-hydrogen) atoms. The molecule has 4 aliphatic rings. The number of halogens is 1. The number of nitrogens with zero attached hydrogens (tertiary/aromatic N) is 6. The molecule has 0 atom stereocenters. The van der Waals surface area contributed by atoms with Crippen LogP contribution in [0.2, 0.25) is 0 Å². The number of benzene rings is 3. The average molecular weight is 986 g/mol. The van der Waals surface area contributed by atoms with Crippen molar-refractivity contribution < 1.29 is 33.2 Å². The highest BCUT2D eigenvalue weighted by Crippen LogP contribution is 2.49. The smallest absolute Gasteiger partial charge is 0.257 e. The first-order valence-corrected chi connectivity index (χ1v) is 24.3. The molecule has 3 N–H and O–H groups in total. The zero-order valence-corrected chi connectivity index (χ0v) is 42.8. The molecule has 6 amide bonds. The number of likely N-dealkylation sites (N-methyl/N-ethyl adjacent to an activating group) is 1. The number of aromatic nitrogens is 3. The van der Waals surface area contributed by atoms with Gasteiger partial charge in [-0.1, -0.05) is 12.1 Å². The molecule has 1 saturated carbocycles. The summed E-state index contributed by atoms with van der Waals surface area (Å²) in [6.07, 6.45) is 9.66. The molecule has 3 aromatic carbocycles. The summed E-state index contributed by atoms with van der Waals surface area (Å²) < 4.78 is 14.6. The minimum absolute atomic E-state index is 0.0138. The molecule has 0 spiro atoms. The highest BCUT2D eigenvalue weighted by molar-refractivity contribution is 6.12. The maximum Gasteiger partial charge on any atom is 0.257 e. The number of rotatable bonds is 9. The maximum atomic E-state index is 14.6. The topological polar surface area (TPSA) is 187 Å². The van der Waals surface area contributed by atoms with Crippen LogP contribution in [0.1, 0.15) is 129 Å². The van der Waals surface area contributed by atoms with Gasteiger partial charge in [0.1, 0.15) is 5.82 Å². The second-order valence-corrected chi connectivity index (χ2v) is 20.4. The normalized spacial score (nSPS) is 16.4. The second kappa shape index (κ2) is 19.8. The summed E-state index contributed by atoms with van der Waals surface area (Å²) in [7, 11) is 0.